The van der Waals surface area contributed by atoms with Crippen molar-refractivity contribution in [2.45, 2.75) is 4.21 Å². The highest BCUT2D eigenvalue weighted by Crippen LogP contribution is 2.37. The lowest BCUT2D eigenvalue weighted by Crippen LogP contribution is -2.11. The van der Waals surface area contributed by atoms with E-state index in [1.165, 1.54) is 24.3 Å². The van der Waals surface area contributed by atoms with Crippen LogP contribution in [0.5, 0.6) is 5.75 Å². The van der Waals surface area contributed by atoms with Crippen LogP contribution < -0.4 is 4.72 Å². The van der Waals surface area contributed by atoms with Crippen molar-refractivity contribution in [1.82, 2.24) is 0 Å². The summed E-state index contributed by atoms with van der Waals surface area (Å²) in [6.07, 6.45) is 0. The van der Waals surface area contributed by atoms with E-state index in [1.807, 2.05) is 0 Å². The number of nitro groups is 1. The van der Waals surface area contributed by atoms with E-state index in [4.69, 9.17) is 11.6 Å². The van der Waals surface area contributed by atoms with Gasteiger partial charge in [-0.1, -0.05) is 23.7 Å². The van der Waals surface area contributed by atoms with Crippen LogP contribution in [-0.4, -0.2) is 18.4 Å². The highest BCUT2D eigenvalue weighted by Gasteiger charge is 2.25. The van der Waals surface area contributed by atoms with Crippen LogP contribution in [0.2, 0.25) is 4.34 Å². The van der Waals surface area contributed by atoms with E-state index in [0.29, 0.717) is 11.3 Å². The van der Waals surface area contributed by atoms with Crippen molar-refractivity contribution >= 4 is 44.3 Å². The molecule has 0 atom stereocenters. The number of hydrogen-bond acceptors (Lipinski definition) is 6. The predicted octanol–water partition coefficient (Wildman–Crippen LogP) is 2.82. The minimum absolute atomic E-state index is 0.0281. The van der Waals surface area contributed by atoms with Crippen molar-refractivity contribution in [3.63, 3.8) is 0 Å². The first-order chi connectivity index (χ1) is 9.31. The van der Waals surface area contributed by atoms with E-state index in [9.17, 15) is 23.6 Å². The Bertz CT molecular complexity index is 772. The normalized spacial score (nSPS) is 11.2. The fourth-order valence-electron chi connectivity index (χ4n) is 1.35. The monoisotopic (exact) mass is 334 g/mol. The Morgan fingerprint density at radius 1 is 1.35 bits per heavy atom. The molecule has 1 aromatic heterocycles. The Kier molecular flexibility index (Phi) is 3.84. The molecule has 106 valence electrons. The lowest BCUT2D eigenvalue weighted by Gasteiger charge is -2.07. The summed E-state index contributed by atoms with van der Waals surface area (Å²) in [5, 5.41) is 20.2. The maximum Gasteiger partial charge on any atom is 0.300 e. The highest BCUT2D eigenvalue weighted by molar-refractivity contribution is 7.94. The summed E-state index contributed by atoms with van der Waals surface area (Å²) in [6.45, 7) is 0. The Balaban J connectivity index is 2.39. The maximum atomic E-state index is 12.0. The number of nitrogens with one attached hydrogen (secondary N) is 1. The van der Waals surface area contributed by atoms with Gasteiger partial charge in [0, 0.05) is 6.07 Å². The van der Waals surface area contributed by atoms with Crippen LogP contribution in [0.3, 0.4) is 0 Å². The quantitative estimate of drug-likeness (QED) is 0.507. The second kappa shape index (κ2) is 5.27. The second-order valence-electron chi connectivity index (χ2n) is 3.60. The standard InChI is InChI=1S/C10H7ClN2O5S2/c11-10-7(13(15)16)5-9(19-10)20(17,18)12-6-3-1-2-4-8(6)14/h1-5,12,14H. The molecule has 0 amide bonds. The highest BCUT2D eigenvalue weighted by atomic mass is 35.5. The Labute approximate surface area is 122 Å². The lowest BCUT2D eigenvalue weighted by molar-refractivity contribution is -0.384. The third-order valence-electron chi connectivity index (χ3n) is 2.26. The fourth-order valence-corrected chi connectivity index (χ4v) is 4.09. The number of halogens is 1. The van der Waals surface area contributed by atoms with E-state index in [0.717, 1.165) is 6.07 Å². The molecule has 2 aromatic rings. The van der Waals surface area contributed by atoms with Gasteiger partial charge in [-0.2, -0.15) is 0 Å². The van der Waals surface area contributed by atoms with Gasteiger partial charge in [-0.25, -0.2) is 8.42 Å². The van der Waals surface area contributed by atoms with Crippen molar-refractivity contribution in [3.05, 3.63) is 44.8 Å². The molecule has 0 unspecified atom stereocenters. The van der Waals surface area contributed by atoms with E-state index >= 15 is 0 Å². The molecular formula is C10H7ClN2O5S2. The molecule has 0 aliphatic heterocycles. The smallest absolute Gasteiger partial charge is 0.300 e. The van der Waals surface area contributed by atoms with Crippen LogP contribution in [0.1, 0.15) is 0 Å². The van der Waals surface area contributed by atoms with Gasteiger partial charge in [0.1, 0.15) is 9.96 Å². The van der Waals surface area contributed by atoms with Gasteiger partial charge in [-0.05, 0) is 12.1 Å². The summed E-state index contributed by atoms with van der Waals surface area (Å²) in [5.41, 5.74) is -0.506. The van der Waals surface area contributed by atoms with Crippen molar-refractivity contribution in [3.8, 4) is 5.75 Å². The minimum atomic E-state index is -4.05. The number of rotatable bonds is 4. The van der Waals surface area contributed by atoms with Gasteiger partial charge >= 0.3 is 0 Å². The summed E-state index contributed by atoms with van der Waals surface area (Å²) in [7, 11) is -4.05. The first-order valence-corrected chi connectivity index (χ1v) is 7.73. The number of sulfonamides is 1. The molecule has 1 aromatic carbocycles. The van der Waals surface area contributed by atoms with Crippen LogP contribution in [0.25, 0.3) is 0 Å². The van der Waals surface area contributed by atoms with Crippen LogP contribution in [0, 0.1) is 10.1 Å². The van der Waals surface area contributed by atoms with Crippen LogP contribution in [-0.2, 0) is 10.0 Å². The number of anilines is 1. The topological polar surface area (TPSA) is 110 Å². The molecule has 0 saturated carbocycles. The molecule has 1 heterocycles. The number of phenols is 1. The van der Waals surface area contributed by atoms with Gasteiger partial charge in [-0.15, -0.1) is 11.3 Å². The first-order valence-electron chi connectivity index (χ1n) is 5.06. The molecule has 0 aliphatic rings. The number of aromatic hydroxyl groups is 1. The van der Waals surface area contributed by atoms with Gasteiger partial charge in [0.25, 0.3) is 15.7 Å². The van der Waals surface area contributed by atoms with Gasteiger partial charge in [0.05, 0.1) is 10.6 Å². The van der Waals surface area contributed by atoms with Crippen LogP contribution in [0.15, 0.2) is 34.5 Å². The molecular weight excluding hydrogens is 328 g/mol. The molecule has 0 bridgehead atoms. The first kappa shape index (κ1) is 14.6. The number of hydrogen-bond donors (Lipinski definition) is 2. The summed E-state index contributed by atoms with van der Waals surface area (Å²) >= 11 is 6.18. The molecule has 7 nitrogen and oxygen atoms in total. The molecule has 20 heavy (non-hydrogen) atoms. The predicted molar refractivity (Wildman–Crippen MR) is 74.9 cm³/mol. The number of thiophene rings is 1. The molecule has 0 saturated heterocycles. The molecule has 0 radical (unpaired) electrons. The van der Waals surface area contributed by atoms with Gasteiger partial charge < -0.3 is 5.11 Å². The Morgan fingerprint density at radius 2 is 2.00 bits per heavy atom. The van der Waals surface area contributed by atoms with E-state index in [2.05, 4.69) is 4.72 Å². The van der Waals surface area contributed by atoms with E-state index < -0.39 is 20.6 Å². The zero-order valence-electron chi connectivity index (χ0n) is 9.61. The summed E-state index contributed by atoms with van der Waals surface area (Å²) in [5.74, 6) is -0.256. The molecule has 10 heteroatoms. The van der Waals surface area contributed by atoms with Gasteiger partial charge in [0.15, 0.2) is 4.34 Å². The summed E-state index contributed by atoms with van der Waals surface area (Å²) < 4.78 is 25.7. The average Bonchev–Trinajstić information content (AvgIpc) is 2.75. The molecule has 0 spiro atoms. The molecule has 0 fully saturated rings. The molecule has 0 aliphatic carbocycles. The summed E-state index contributed by atoms with van der Waals surface area (Å²) in [6, 6.07) is 6.59. The fraction of sp³-hybridized carbons (Fsp3) is 0. The third kappa shape index (κ3) is 2.84. The van der Waals surface area contributed by atoms with Gasteiger partial charge in [-0.3, -0.25) is 14.8 Å². The average molecular weight is 335 g/mol. The Morgan fingerprint density at radius 3 is 2.55 bits per heavy atom. The van der Waals surface area contributed by atoms with Crippen molar-refractivity contribution < 1.29 is 18.4 Å². The maximum absolute atomic E-state index is 12.0. The summed E-state index contributed by atoms with van der Waals surface area (Å²) in [4.78, 5) is 9.88. The second-order valence-corrected chi connectivity index (χ2v) is 7.17. The Hall–Kier alpha value is -1.84. The molecule has 2 rings (SSSR count). The van der Waals surface area contributed by atoms with Crippen LogP contribution >= 0.6 is 22.9 Å². The number of para-hydroxylation sites is 2. The SMILES string of the molecule is O=[N+]([O-])c1cc(S(=O)(=O)Nc2ccccc2O)sc1Cl. The zero-order valence-corrected chi connectivity index (χ0v) is 12.0. The van der Waals surface area contributed by atoms with Gasteiger partial charge in [0.2, 0.25) is 0 Å². The minimum Gasteiger partial charge on any atom is -0.506 e. The number of benzene rings is 1. The van der Waals surface area contributed by atoms with Crippen molar-refractivity contribution in [1.29, 1.82) is 0 Å². The van der Waals surface area contributed by atoms with E-state index in [1.54, 1.807) is 0 Å². The largest absolute Gasteiger partial charge is 0.506 e. The number of nitrogens with zero attached hydrogens (tertiary/aromatic N) is 1. The zero-order chi connectivity index (χ0) is 14.9. The van der Waals surface area contributed by atoms with E-state index in [-0.39, 0.29) is 20.0 Å². The van der Waals surface area contributed by atoms with Crippen molar-refractivity contribution in [2.75, 3.05) is 4.72 Å². The molecule has 2 N–H and O–H groups in total. The third-order valence-corrected chi connectivity index (χ3v) is 5.43. The van der Waals surface area contributed by atoms with Crippen LogP contribution in [0.4, 0.5) is 11.4 Å². The van der Waals surface area contributed by atoms with Crippen molar-refractivity contribution in [2.24, 2.45) is 0 Å². The lowest BCUT2D eigenvalue weighted by atomic mass is 10.3. The number of phenolic OH excluding ortho intramolecular Hbond substituents is 1.